The van der Waals surface area contributed by atoms with Crippen molar-refractivity contribution < 1.29 is 19.0 Å². The maximum absolute atomic E-state index is 12.5. The Morgan fingerprint density at radius 3 is 2.07 bits per heavy atom. The van der Waals surface area contributed by atoms with Crippen LogP contribution >= 0.6 is 0 Å². The predicted molar refractivity (Wildman–Crippen MR) is 122 cm³/mol. The molecule has 3 unspecified atom stereocenters. The molecule has 0 aliphatic carbocycles. The molecule has 0 aromatic carbocycles. The molecule has 0 saturated carbocycles. The maximum atomic E-state index is 12.5. The molecule has 0 N–H and O–H groups in total. The smallest absolute Gasteiger partial charge is 0.338 e. The van der Waals surface area contributed by atoms with Gasteiger partial charge in [-0.25, -0.2) is 4.79 Å². The van der Waals surface area contributed by atoms with Gasteiger partial charge in [0.25, 0.3) is 0 Å². The number of hydrogen-bond acceptors (Lipinski definition) is 4. The minimum atomic E-state index is -0.857. The zero-order chi connectivity index (χ0) is 22.1. The Hall–Kier alpha value is -0.610. The first kappa shape index (κ1) is 28.4. The summed E-state index contributed by atoms with van der Waals surface area (Å²) >= 11 is 0. The molecule has 4 heteroatoms. The highest BCUT2D eigenvalue weighted by atomic mass is 16.6. The molecule has 0 spiro atoms. The fourth-order valence-electron chi connectivity index (χ4n) is 3.40. The van der Waals surface area contributed by atoms with Crippen LogP contribution in [0.15, 0.2) is 0 Å². The lowest BCUT2D eigenvalue weighted by Crippen LogP contribution is -2.41. The third-order valence-corrected chi connectivity index (χ3v) is 5.74. The van der Waals surface area contributed by atoms with Crippen molar-refractivity contribution >= 4 is 5.97 Å². The standard InChI is InChI=1S/C25H50O4/c1-8-11-14-17-22(6)18-15-12-13-16-19-28-25(7,10-3)24(26)27-20-23(9-2)29-21(4)5/h21-23H,8-20H2,1-7H3. The first-order chi connectivity index (χ1) is 13.8. The molecule has 0 saturated heterocycles. The van der Waals surface area contributed by atoms with Crippen LogP contribution in [0.25, 0.3) is 0 Å². The summed E-state index contributed by atoms with van der Waals surface area (Å²) in [4.78, 5) is 12.5. The molecular weight excluding hydrogens is 364 g/mol. The van der Waals surface area contributed by atoms with E-state index in [1.54, 1.807) is 0 Å². The monoisotopic (exact) mass is 414 g/mol. The summed E-state index contributed by atoms with van der Waals surface area (Å²) in [7, 11) is 0. The summed E-state index contributed by atoms with van der Waals surface area (Å²) in [6.45, 7) is 15.4. The van der Waals surface area contributed by atoms with Gasteiger partial charge in [0, 0.05) is 6.61 Å². The van der Waals surface area contributed by atoms with Gasteiger partial charge in [0.15, 0.2) is 5.60 Å². The fourth-order valence-corrected chi connectivity index (χ4v) is 3.40. The number of hydrogen-bond donors (Lipinski definition) is 0. The Labute approximate surface area is 181 Å². The molecule has 0 rings (SSSR count). The highest BCUT2D eigenvalue weighted by molar-refractivity contribution is 5.79. The van der Waals surface area contributed by atoms with Crippen LogP contribution in [-0.4, -0.2) is 37.0 Å². The summed E-state index contributed by atoms with van der Waals surface area (Å²) < 4.78 is 17.2. The van der Waals surface area contributed by atoms with E-state index in [9.17, 15) is 4.79 Å². The highest BCUT2D eigenvalue weighted by Crippen LogP contribution is 2.20. The topological polar surface area (TPSA) is 44.8 Å². The van der Waals surface area contributed by atoms with E-state index in [1.807, 2.05) is 34.6 Å². The summed E-state index contributed by atoms with van der Waals surface area (Å²) in [5.41, 5.74) is -0.857. The van der Waals surface area contributed by atoms with E-state index in [-0.39, 0.29) is 18.2 Å². The van der Waals surface area contributed by atoms with Crippen LogP contribution in [0.5, 0.6) is 0 Å². The van der Waals surface area contributed by atoms with Crippen molar-refractivity contribution in [3.63, 3.8) is 0 Å². The van der Waals surface area contributed by atoms with E-state index in [0.29, 0.717) is 19.6 Å². The van der Waals surface area contributed by atoms with Gasteiger partial charge in [-0.1, -0.05) is 79.1 Å². The Balaban J connectivity index is 4.01. The first-order valence-electron chi connectivity index (χ1n) is 12.3. The minimum Gasteiger partial charge on any atom is -0.461 e. The van der Waals surface area contributed by atoms with Gasteiger partial charge in [-0.2, -0.15) is 0 Å². The molecule has 0 heterocycles. The molecule has 174 valence electrons. The van der Waals surface area contributed by atoms with Crippen molar-refractivity contribution in [2.45, 2.75) is 137 Å². The lowest BCUT2D eigenvalue weighted by molar-refractivity contribution is -0.176. The number of ether oxygens (including phenoxy) is 3. The quantitative estimate of drug-likeness (QED) is 0.167. The van der Waals surface area contributed by atoms with E-state index >= 15 is 0 Å². The molecule has 0 aliphatic heterocycles. The number of esters is 1. The van der Waals surface area contributed by atoms with Gasteiger partial charge < -0.3 is 14.2 Å². The van der Waals surface area contributed by atoms with Crippen molar-refractivity contribution in [3.05, 3.63) is 0 Å². The largest absolute Gasteiger partial charge is 0.461 e. The Morgan fingerprint density at radius 1 is 0.897 bits per heavy atom. The summed E-state index contributed by atoms with van der Waals surface area (Å²) in [6, 6.07) is 0. The van der Waals surface area contributed by atoms with E-state index < -0.39 is 5.60 Å². The van der Waals surface area contributed by atoms with Crippen LogP contribution in [0.4, 0.5) is 0 Å². The Morgan fingerprint density at radius 2 is 1.52 bits per heavy atom. The van der Waals surface area contributed by atoms with Crippen LogP contribution < -0.4 is 0 Å². The SMILES string of the molecule is CCCCCC(C)CCCCCCOC(C)(CC)C(=O)OCC(CC)OC(C)C. The maximum Gasteiger partial charge on any atom is 0.338 e. The lowest BCUT2D eigenvalue weighted by atomic mass is 9.97. The molecule has 0 aromatic heterocycles. The van der Waals surface area contributed by atoms with Gasteiger partial charge in [-0.15, -0.1) is 0 Å². The molecule has 0 aliphatic rings. The van der Waals surface area contributed by atoms with Crippen molar-refractivity contribution in [1.29, 1.82) is 0 Å². The molecule has 3 atom stereocenters. The lowest BCUT2D eigenvalue weighted by Gasteiger charge is -2.28. The van der Waals surface area contributed by atoms with Crippen LogP contribution in [0.3, 0.4) is 0 Å². The van der Waals surface area contributed by atoms with Crippen molar-refractivity contribution in [2.75, 3.05) is 13.2 Å². The third-order valence-electron chi connectivity index (χ3n) is 5.74. The molecule has 4 nitrogen and oxygen atoms in total. The number of carbonyl (C=O) groups is 1. The minimum absolute atomic E-state index is 0.0515. The third kappa shape index (κ3) is 14.1. The summed E-state index contributed by atoms with van der Waals surface area (Å²) in [6.07, 6.45) is 13.0. The Bertz CT molecular complexity index is 396. The average Bonchev–Trinajstić information content (AvgIpc) is 2.69. The zero-order valence-corrected chi connectivity index (χ0v) is 20.6. The van der Waals surface area contributed by atoms with Gasteiger partial charge in [0.1, 0.15) is 6.61 Å². The van der Waals surface area contributed by atoms with E-state index in [4.69, 9.17) is 14.2 Å². The second kappa shape index (κ2) is 17.1. The highest BCUT2D eigenvalue weighted by Gasteiger charge is 2.34. The predicted octanol–water partition coefficient (Wildman–Crippen LogP) is 7.09. The van der Waals surface area contributed by atoms with Crippen molar-refractivity contribution in [2.24, 2.45) is 5.92 Å². The molecule has 0 aromatic rings. The molecule has 29 heavy (non-hydrogen) atoms. The van der Waals surface area contributed by atoms with Crippen LogP contribution in [-0.2, 0) is 19.0 Å². The normalized spacial score (nSPS) is 15.9. The first-order valence-corrected chi connectivity index (χ1v) is 12.3. The van der Waals surface area contributed by atoms with Crippen LogP contribution in [0, 0.1) is 5.92 Å². The van der Waals surface area contributed by atoms with Gasteiger partial charge in [0.05, 0.1) is 12.2 Å². The van der Waals surface area contributed by atoms with Crippen LogP contribution in [0.1, 0.15) is 119 Å². The van der Waals surface area contributed by atoms with Crippen molar-refractivity contribution in [1.82, 2.24) is 0 Å². The second-order valence-electron chi connectivity index (χ2n) is 9.05. The van der Waals surface area contributed by atoms with Crippen molar-refractivity contribution in [3.8, 4) is 0 Å². The van der Waals surface area contributed by atoms with E-state index in [0.717, 1.165) is 25.2 Å². The van der Waals surface area contributed by atoms with E-state index in [2.05, 4.69) is 13.8 Å². The number of carbonyl (C=O) groups excluding carboxylic acids is 1. The van der Waals surface area contributed by atoms with Gasteiger partial charge in [-0.3, -0.25) is 0 Å². The van der Waals surface area contributed by atoms with Crippen LogP contribution in [0.2, 0.25) is 0 Å². The molecule has 0 fully saturated rings. The fraction of sp³-hybridized carbons (Fsp3) is 0.960. The summed E-state index contributed by atoms with van der Waals surface area (Å²) in [5, 5.41) is 0. The Kier molecular flexibility index (Phi) is 16.7. The second-order valence-corrected chi connectivity index (χ2v) is 9.05. The van der Waals surface area contributed by atoms with Gasteiger partial charge >= 0.3 is 5.97 Å². The van der Waals surface area contributed by atoms with Gasteiger partial charge in [-0.05, 0) is 46.0 Å². The average molecular weight is 415 g/mol. The summed E-state index contributed by atoms with van der Waals surface area (Å²) in [5.74, 6) is 0.578. The zero-order valence-electron chi connectivity index (χ0n) is 20.6. The molecular formula is C25H50O4. The van der Waals surface area contributed by atoms with Gasteiger partial charge in [0.2, 0.25) is 0 Å². The van der Waals surface area contributed by atoms with E-state index in [1.165, 1.54) is 44.9 Å². The number of unbranched alkanes of at least 4 members (excludes halogenated alkanes) is 5. The molecule has 0 bridgehead atoms. The number of rotatable bonds is 19. The molecule has 0 radical (unpaired) electrons. The molecule has 0 amide bonds.